The molecule has 0 aliphatic carbocycles. The number of hydrogen-bond acceptors (Lipinski definition) is 7. The molecule has 0 N–H and O–H groups in total. The maximum absolute atomic E-state index is 13.8. The van der Waals surface area contributed by atoms with Crippen molar-refractivity contribution in [2.45, 2.75) is 56.4 Å². The van der Waals surface area contributed by atoms with E-state index in [-0.39, 0.29) is 0 Å². The number of esters is 1. The van der Waals surface area contributed by atoms with Crippen LogP contribution in [0.5, 0.6) is 0 Å². The zero-order valence-corrected chi connectivity index (χ0v) is 17.5. The highest BCUT2D eigenvalue weighted by Crippen LogP contribution is 2.42. The van der Waals surface area contributed by atoms with Crippen molar-refractivity contribution < 1.29 is 67.2 Å². The summed E-state index contributed by atoms with van der Waals surface area (Å²) in [6.45, 7) is 3.20. The van der Waals surface area contributed by atoms with Crippen LogP contribution in [0.3, 0.4) is 0 Å². The van der Waals surface area contributed by atoms with Crippen LogP contribution >= 0.6 is 0 Å². The average molecular weight is 508 g/mol. The van der Waals surface area contributed by atoms with Gasteiger partial charge in [0.25, 0.3) is 0 Å². The summed E-state index contributed by atoms with van der Waals surface area (Å²) in [6, 6.07) is -1.04. The van der Waals surface area contributed by atoms with E-state index in [1.807, 2.05) is 0 Å². The number of likely N-dealkylation sites (N-methyl/N-ethyl adjacent to an activating group) is 1. The molecule has 1 atom stereocenters. The van der Waals surface area contributed by atoms with E-state index in [0.29, 0.717) is 4.90 Å². The molecule has 0 aromatic rings. The fourth-order valence-corrected chi connectivity index (χ4v) is 2.63. The Morgan fingerprint density at radius 2 is 1.56 bits per heavy atom. The van der Waals surface area contributed by atoms with Gasteiger partial charge in [0.1, 0.15) is 0 Å². The summed E-state index contributed by atoms with van der Waals surface area (Å²) < 4.78 is 147. The van der Waals surface area contributed by atoms with Gasteiger partial charge in [0, 0.05) is 19.0 Å². The number of rotatable bonds is 11. The summed E-state index contributed by atoms with van der Waals surface area (Å²) in [5.74, 6) is -17.4. The SMILES string of the molecule is C=C(F)C(=O)OC(OCCC(F)(F)C(F)(F)S(=O)(=O)[O-])(C(=O)N(CC)C(C)C)C(F)(F)F. The smallest absolute Gasteiger partial charge is 0.466 e. The molecule has 0 saturated carbocycles. The molecular weight excluding hydrogens is 490 g/mol. The number of ether oxygens (including phenoxy) is 2. The Morgan fingerprint density at radius 3 is 1.88 bits per heavy atom. The predicted molar refractivity (Wildman–Crippen MR) is 87.8 cm³/mol. The molecule has 1 amide bonds. The summed E-state index contributed by atoms with van der Waals surface area (Å²) in [5, 5.41) is -6.26. The molecule has 0 aromatic heterocycles. The molecule has 0 bridgehead atoms. The zero-order valence-electron chi connectivity index (χ0n) is 16.6. The second kappa shape index (κ2) is 9.86. The van der Waals surface area contributed by atoms with E-state index in [1.54, 1.807) is 0 Å². The molecule has 8 nitrogen and oxygen atoms in total. The van der Waals surface area contributed by atoms with Crippen molar-refractivity contribution >= 4 is 22.0 Å². The van der Waals surface area contributed by atoms with Gasteiger partial charge in [-0.3, -0.25) is 4.79 Å². The van der Waals surface area contributed by atoms with E-state index in [4.69, 9.17) is 0 Å². The number of nitrogens with zero attached hydrogens (tertiary/aromatic N) is 1. The van der Waals surface area contributed by atoms with Crippen molar-refractivity contribution in [1.29, 1.82) is 0 Å². The van der Waals surface area contributed by atoms with E-state index in [2.05, 4.69) is 16.1 Å². The molecule has 188 valence electrons. The van der Waals surface area contributed by atoms with Crippen LogP contribution in [0.1, 0.15) is 27.2 Å². The molecular formula is C15H18F8NO7S-. The minimum absolute atomic E-state index is 0.372. The van der Waals surface area contributed by atoms with Crippen molar-refractivity contribution in [2.24, 2.45) is 0 Å². The molecule has 0 radical (unpaired) electrons. The molecule has 0 aliphatic rings. The lowest BCUT2D eigenvalue weighted by Gasteiger charge is -2.38. The highest BCUT2D eigenvalue weighted by atomic mass is 32.2. The van der Waals surface area contributed by atoms with Gasteiger partial charge < -0.3 is 18.9 Å². The third-order valence-corrected chi connectivity index (χ3v) is 4.73. The number of amides is 1. The Balaban J connectivity index is 6.33. The maximum atomic E-state index is 13.8. The van der Waals surface area contributed by atoms with E-state index in [9.17, 15) is 57.7 Å². The number of hydrogen-bond donors (Lipinski definition) is 0. The van der Waals surface area contributed by atoms with Crippen LogP contribution in [0.25, 0.3) is 0 Å². The van der Waals surface area contributed by atoms with Gasteiger partial charge in [-0.05, 0) is 20.8 Å². The summed E-state index contributed by atoms with van der Waals surface area (Å²) in [7, 11) is -6.96. The first-order valence-electron chi connectivity index (χ1n) is 8.39. The predicted octanol–water partition coefficient (Wildman–Crippen LogP) is 2.71. The van der Waals surface area contributed by atoms with Crippen molar-refractivity contribution in [2.75, 3.05) is 13.2 Å². The van der Waals surface area contributed by atoms with E-state index < -0.39 is 76.6 Å². The second-order valence-electron chi connectivity index (χ2n) is 6.37. The number of halogens is 8. The van der Waals surface area contributed by atoms with Crippen molar-refractivity contribution in [3.63, 3.8) is 0 Å². The van der Waals surface area contributed by atoms with Crippen LogP contribution in [0, 0.1) is 0 Å². The maximum Gasteiger partial charge on any atom is 0.466 e. The van der Waals surface area contributed by atoms with Gasteiger partial charge in [0.05, 0.1) is 6.61 Å². The average Bonchev–Trinajstić information content (AvgIpc) is 2.58. The van der Waals surface area contributed by atoms with Gasteiger partial charge in [-0.15, -0.1) is 0 Å². The molecule has 0 aliphatic heterocycles. The van der Waals surface area contributed by atoms with E-state index in [0.717, 1.165) is 6.92 Å². The summed E-state index contributed by atoms with van der Waals surface area (Å²) >= 11 is 0. The van der Waals surface area contributed by atoms with Gasteiger partial charge in [0.15, 0.2) is 10.1 Å². The lowest BCUT2D eigenvalue weighted by Crippen LogP contribution is -2.63. The first-order valence-corrected chi connectivity index (χ1v) is 9.80. The minimum atomic E-state index is -6.96. The summed E-state index contributed by atoms with van der Waals surface area (Å²) in [6.07, 6.45) is -8.62. The molecule has 0 heterocycles. The van der Waals surface area contributed by atoms with Crippen molar-refractivity contribution in [3.05, 3.63) is 12.4 Å². The normalized spacial score (nSPS) is 15.3. The lowest BCUT2D eigenvalue weighted by atomic mass is 10.1. The van der Waals surface area contributed by atoms with Gasteiger partial charge in [-0.25, -0.2) is 13.2 Å². The van der Waals surface area contributed by atoms with Crippen molar-refractivity contribution in [3.8, 4) is 0 Å². The molecule has 17 heteroatoms. The number of carbonyl (C=O) groups is 2. The van der Waals surface area contributed by atoms with Crippen LogP contribution in [0.15, 0.2) is 12.4 Å². The highest BCUT2D eigenvalue weighted by molar-refractivity contribution is 7.86. The molecule has 1 unspecified atom stereocenters. The molecule has 32 heavy (non-hydrogen) atoms. The van der Waals surface area contributed by atoms with Crippen LogP contribution in [-0.2, 0) is 29.2 Å². The van der Waals surface area contributed by atoms with Crippen LogP contribution in [0.2, 0.25) is 0 Å². The Morgan fingerprint density at radius 1 is 1.09 bits per heavy atom. The van der Waals surface area contributed by atoms with Gasteiger partial charge in [-0.1, -0.05) is 6.58 Å². The monoisotopic (exact) mass is 508 g/mol. The largest absolute Gasteiger partial charge is 0.743 e. The minimum Gasteiger partial charge on any atom is -0.743 e. The lowest BCUT2D eigenvalue weighted by molar-refractivity contribution is -0.353. The molecule has 0 saturated heterocycles. The zero-order chi connectivity index (χ0) is 25.9. The van der Waals surface area contributed by atoms with Crippen LogP contribution in [0.4, 0.5) is 35.1 Å². The third kappa shape index (κ3) is 6.06. The van der Waals surface area contributed by atoms with E-state index in [1.165, 1.54) is 13.8 Å². The molecule has 0 spiro atoms. The summed E-state index contributed by atoms with van der Waals surface area (Å²) in [5.41, 5.74) is 0. The van der Waals surface area contributed by atoms with E-state index >= 15 is 0 Å². The summed E-state index contributed by atoms with van der Waals surface area (Å²) in [4.78, 5) is 24.3. The Bertz CT molecular complexity index is 828. The fourth-order valence-electron chi connectivity index (χ4n) is 2.17. The van der Waals surface area contributed by atoms with Crippen molar-refractivity contribution in [1.82, 2.24) is 4.90 Å². The molecule has 0 fully saturated rings. The molecule has 0 rings (SSSR count). The third-order valence-electron chi connectivity index (χ3n) is 3.80. The van der Waals surface area contributed by atoms with Gasteiger partial charge in [0.2, 0.25) is 5.83 Å². The topological polar surface area (TPSA) is 113 Å². The Hall–Kier alpha value is -2.01. The quantitative estimate of drug-likeness (QED) is 0.139. The first-order chi connectivity index (χ1) is 14.1. The highest BCUT2D eigenvalue weighted by Gasteiger charge is 2.68. The second-order valence-corrected chi connectivity index (χ2v) is 7.79. The van der Waals surface area contributed by atoms with Crippen LogP contribution < -0.4 is 0 Å². The van der Waals surface area contributed by atoms with Crippen LogP contribution in [-0.4, -0.2) is 72.1 Å². The first kappa shape index (κ1) is 30.0. The standard InChI is InChI=1S/C15H19F8NO7S/c1-5-24(8(2)3)11(26)13(14(19,20)21,31-10(25)9(4)16)30-7-6-12(17,18)15(22,23)32(27,28)29/h8H,4-7H2,1-3H3,(H,27,28,29)/p-1. The Labute approximate surface area is 176 Å². The molecule has 0 aromatic carbocycles. The van der Waals surface area contributed by atoms with Gasteiger partial charge >= 0.3 is 35.0 Å². The number of carbonyl (C=O) groups excluding carboxylic acids is 2. The number of alkyl halides is 7. The fraction of sp³-hybridized carbons (Fsp3) is 0.733. The van der Waals surface area contributed by atoms with Gasteiger partial charge in [-0.2, -0.15) is 35.1 Å². The Kier molecular flexibility index (Phi) is 9.24.